The molecule has 0 radical (unpaired) electrons. The summed E-state index contributed by atoms with van der Waals surface area (Å²) in [6.07, 6.45) is 3.58. The zero-order valence-corrected chi connectivity index (χ0v) is 12.9. The molecule has 0 aromatic carbocycles. The van der Waals surface area contributed by atoms with Crippen LogP contribution in [-0.4, -0.2) is 31.7 Å². The molecule has 1 amide bonds. The number of hydrogen-bond acceptors (Lipinski definition) is 3. The Balaban J connectivity index is 0. The lowest BCUT2D eigenvalue weighted by molar-refractivity contribution is -0.124. The molecule has 2 atom stereocenters. The molecule has 0 saturated heterocycles. The molecule has 0 spiro atoms. The molecule has 0 saturated carbocycles. The number of amides is 1. The fraction of sp³-hybridized carbons (Fsp3) is 0.923. The van der Waals surface area contributed by atoms with Gasteiger partial charge in [-0.05, 0) is 19.3 Å². The molecule has 0 aliphatic carbocycles. The van der Waals surface area contributed by atoms with Crippen LogP contribution in [0.3, 0.4) is 0 Å². The lowest BCUT2D eigenvalue weighted by Gasteiger charge is -2.17. The topological polar surface area (TPSA) is 64.3 Å². The molecule has 5 heteroatoms. The molecule has 0 heterocycles. The summed E-state index contributed by atoms with van der Waals surface area (Å²) in [7, 11) is 1.58. The highest BCUT2D eigenvalue weighted by atomic mass is 35.5. The third-order valence-electron chi connectivity index (χ3n) is 2.84. The third-order valence-corrected chi connectivity index (χ3v) is 2.84. The maximum absolute atomic E-state index is 11.6. The highest BCUT2D eigenvalue weighted by Gasteiger charge is 2.13. The normalized spacial score (nSPS) is 13.9. The monoisotopic (exact) mass is 280 g/mol. The Morgan fingerprint density at radius 1 is 1.28 bits per heavy atom. The molecule has 3 N–H and O–H groups in total. The van der Waals surface area contributed by atoms with Crippen LogP contribution in [0.1, 0.15) is 46.5 Å². The van der Waals surface area contributed by atoms with Crippen molar-refractivity contribution in [3.05, 3.63) is 0 Å². The van der Waals surface area contributed by atoms with E-state index in [-0.39, 0.29) is 30.5 Å². The van der Waals surface area contributed by atoms with Crippen LogP contribution < -0.4 is 11.1 Å². The SMILES string of the molecule is COC(CN)CC(=O)NC(C)CCCC(C)C.Cl. The second-order valence-corrected chi connectivity index (χ2v) is 5.09. The molecule has 0 aromatic rings. The average Bonchev–Trinajstić information content (AvgIpc) is 2.25. The van der Waals surface area contributed by atoms with E-state index in [1.807, 2.05) is 6.92 Å². The van der Waals surface area contributed by atoms with Crippen LogP contribution in [0.2, 0.25) is 0 Å². The predicted octanol–water partition coefficient (Wildman–Crippen LogP) is 2.10. The Morgan fingerprint density at radius 2 is 1.89 bits per heavy atom. The van der Waals surface area contributed by atoms with Crippen LogP contribution in [0.25, 0.3) is 0 Å². The maximum atomic E-state index is 11.6. The first-order valence-electron chi connectivity index (χ1n) is 6.51. The molecule has 110 valence electrons. The number of halogens is 1. The van der Waals surface area contributed by atoms with Gasteiger partial charge in [-0.15, -0.1) is 12.4 Å². The van der Waals surface area contributed by atoms with Crippen molar-refractivity contribution in [1.29, 1.82) is 0 Å². The largest absolute Gasteiger partial charge is 0.380 e. The standard InChI is InChI=1S/C13H28N2O2.ClH/c1-10(2)6-5-7-11(3)15-13(16)8-12(9-14)17-4;/h10-12H,5-9,14H2,1-4H3,(H,15,16);1H. The van der Waals surface area contributed by atoms with E-state index in [9.17, 15) is 4.79 Å². The molecule has 0 aromatic heterocycles. The zero-order valence-electron chi connectivity index (χ0n) is 12.1. The number of carbonyl (C=O) groups excluding carboxylic acids is 1. The highest BCUT2D eigenvalue weighted by Crippen LogP contribution is 2.08. The van der Waals surface area contributed by atoms with Gasteiger partial charge in [0.2, 0.25) is 5.91 Å². The molecule has 0 bridgehead atoms. The second kappa shape index (κ2) is 11.8. The van der Waals surface area contributed by atoms with Gasteiger partial charge in [-0.2, -0.15) is 0 Å². The Morgan fingerprint density at radius 3 is 2.33 bits per heavy atom. The first kappa shape index (κ1) is 20.0. The number of ether oxygens (including phenoxy) is 1. The lowest BCUT2D eigenvalue weighted by atomic mass is 10.0. The molecule has 0 aliphatic heterocycles. The third kappa shape index (κ3) is 10.8. The molecule has 4 nitrogen and oxygen atoms in total. The van der Waals surface area contributed by atoms with Crippen molar-refractivity contribution in [2.24, 2.45) is 11.7 Å². The fourth-order valence-electron chi connectivity index (χ4n) is 1.71. The smallest absolute Gasteiger partial charge is 0.222 e. The van der Waals surface area contributed by atoms with Gasteiger partial charge in [-0.1, -0.05) is 26.7 Å². The Kier molecular flexibility index (Phi) is 13.1. The van der Waals surface area contributed by atoms with Crippen molar-refractivity contribution in [1.82, 2.24) is 5.32 Å². The summed E-state index contributed by atoms with van der Waals surface area (Å²) >= 11 is 0. The molecule has 0 fully saturated rings. The molecular weight excluding hydrogens is 252 g/mol. The van der Waals surface area contributed by atoms with Crippen molar-refractivity contribution in [3.63, 3.8) is 0 Å². The summed E-state index contributed by atoms with van der Waals surface area (Å²) in [6.45, 7) is 6.86. The first-order chi connectivity index (χ1) is 7.99. The van der Waals surface area contributed by atoms with Gasteiger partial charge in [0.05, 0.1) is 12.5 Å². The number of carbonyl (C=O) groups is 1. The van der Waals surface area contributed by atoms with Gasteiger partial charge in [-0.3, -0.25) is 4.79 Å². The number of nitrogens with one attached hydrogen (secondary N) is 1. The Hall–Kier alpha value is -0.320. The minimum absolute atomic E-state index is 0. The number of methoxy groups -OCH3 is 1. The molecular formula is C13H29ClN2O2. The van der Waals surface area contributed by atoms with Gasteiger partial charge in [0.1, 0.15) is 0 Å². The number of hydrogen-bond donors (Lipinski definition) is 2. The van der Waals surface area contributed by atoms with E-state index in [4.69, 9.17) is 10.5 Å². The van der Waals surface area contributed by atoms with Crippen molar-refractivity contribution in [2.75, 3.05) is 13.7 Å². The van der Waals surface area contributed by atoms with E-state index >= 15 is 0 Å². The van der Waals surface area contributed by atoms with Crippen molar-refractivity contribution in [3.8, 4) is 0 Å². The van der Waals surface area contributed by atoms with E-state index in [1.165, 1.54) is 6.42 Å². The van der Waals surface area contributed by atoms with Gasteiger partial charge in [0.15, 0.2) is 0 Å². The van der Waals surface area contributed by atoms with E-state index in [1.54, 1.807) is 7.11 Å². The number of rotatable bonds is 9. The van der Waals surface area contributed by atoms with Crippen molar-refractivity contribution in [2.45, 2.75) is 58.6 Å². The minimum atomic E-state index is -0.169. The van der Waals surface area contributed by atoms with E-state index in [0.29, 0.717) is 13.0 Å². The van der Waals surface area contributed by atoms with Gasteiger partial charge >= 0.3 is 0 Å². The summed E-state index contributed by atoms with van der Waals surface area (Å²) in [5, 5.41) is 2.98. The molecule has 2 unspecified atom stereocenters. The summed E-state index contributed by atoms with van der Waals surface area (Å²) in [4.78, 5) is 11.6. The minimum Gasteiger partial charge on any atom is -0.380 e. The van der Waals surface area contributed by atoms with Crippen LogP contribution in [-0.2, 0) is 9.53 Å². The fourth-order valence-corrected chi connectivity index (χ4v) is 1.71. The molecule has 18 heavy (non-hydrogen) atoms. The zero-order chi connectivity index (χ0) is 13.3. The summed E-state index contributed by atoms with van der Waals surface area (Å²) < 4.78 is 5.08. The quantitative estimate of drug-likeness (QED) is 0.680. The van der Waals surface area contributed by atoms with E-state index in [0.717, 1.165) is 18.8 Å². The number of nitrogens with two attached hydrogens (primary N) is 1. The summed E-state index contributed by atoms with van der Waals surface area (Å²) in [6, 6.07) is 0.233. The Labute approximate surface area is 117 Å². The van der Waals surface area contributed by atoms with Gasteiger partial charge < -0.3 is 15.8 Å². The van der Waals surface area contributed by atoms with Gasteiger partial charge in [0, 0.05) is 19.7 Å². The van der Waals surface area contributed by atoms with Crippen LogP contribution in [0.5, 0.6) is 0 Å². The summed E-state index contributed by atoms with van der Waals surface area (Å²) in [5.74, 6) is 0.757. The van der Waals surface area contributed by atoms with Crippen LogP contribution in [0, 0.1) is 5.92 Å². The van der Waals surface area contributed by atoms with Gasteiger partial charge in [0.25, 0.3) is 0 Å². The van der Waals surface area contributed by atoms with Crippen molar-refractivity contribution >= 4 is 18.3 Å². The van der Waals surface area contributed by atoms with Crippen molar-refractivity contribution < 1.29 is 9.53 Å². The highest BCUT2D eigenvalue weighted by molar-refractivity contribution is 5.85. The summed E-state index contributed by atoms with van der Waals surface area (Å²) in [5.41, 5.74) is 5.47. The van der Waals surface area contributed by atoms with Crippen LogP contribution in [0.4, 0.5) is 0 Å². The lowest BCUT2D eigenvalue weighted by Crippen LogP contribution is -2.37. The molecule has 0 aliphatic rings. The first-order valence-corrected chi connectivity index (χ1v) is 6.51. The Bertz CT molecular complexity index is 209. The maximum Gasteiger partial charge on any atom is 0.222 e. The van der Waals surface area contributed by atoms with Crippen LogP contribution >= 0.6 is 12.4 Å². The van der Waals surface area contributed by atoms with E-state index < -0.39 is 0 Å². The molecule has 0 rings (SSSR count). The van der Waals surface area contributed by atoms with E-state index in [2.05, 4.69) is 19.2 Å². The second-order valence-electron chi connectivity index (χ2n) is 5.09. The average molecular weight is 281 g/mol. The van der Waals surface area contributed by atoms with Gasteiger partial charge in [-0.25, -0.2) is 0 Å². The van der Waals surface area contributed by atoms with Crippen LogP contribution in [0.15, 0.2) is 0 Å². The predicted molar refractivity (Wildman–Crippen MR) is 78.0 cm³/mol.